The van der Waals surface area contributed by atoms with Crippen molar-refractivity contribution in [2.24, 2.45) is 4.99 Å². The Kier molecular flexibility index (Phi) is 5.36. The van der Waals surface area contributed by atoms with Crippen LogP contribution in [0.5, 0.6) is 0 Å². The van der Waals surface area contributed by atoms with Gasteiger partial charge in [-0.3, -0.25) is 4.99 Å². The van der Waals surface area contributed by atoms with E-state index in [0.717, 1.165) is 11.1 Å². The lowest BCUT2D eigenvalue weighted by atomic mass is 10.1. The van der Waals surface area contributed by atoms with Crippen LogP contribution in [0.1, 0.15) is 17.2 Å². The molecule has 1 aromatic carbocycles. The van der Waals surface area contributed by atoms with Crippen LogP contribution in [0.3, 0.4) is 0 Å². The molecular weight excluding hydrogens is 278 g/mol. The van der Waals surface area contributed by atoms with Gasteiger partial charge in [-0.05, 0) is 25.2 Å². The van der Waals surface area contributed by atoms with E-state index in [1.807, 2.05) is 24.4 Å². The summed E-state index contributed by atoms with van der Waals surface area (Å²) in [4.78, 5) is 12.6. The molecule has 0 saturated carbocycles. The number of aliphatic imine (C=N–C) groups is 1. The van der Waals surface area contributed by atoms with Crippen LogP contribution in [0.25, 0.3) is 0 Å². The van der Waals surface area contributed by atoms with Crippen molar-refractivity contribution in [1.82, 2.24) is 9.97 Å². The normalized spacial score (nSPS) is 13.5. The van der Waals surface area contributed by atoms with Gasteiger partial charge in [-0.1, -0.05) is 30.3 Å². The van der Waals surface area contributed by atoms with Gasteiger partial charge in [0.2, 0.25) is 0 Å². The molecule has 0 amide bonds. The molecule has 0 aliphatic rings. The Morgan fingerprint density at radius 2 is 1.81 bits per heavy atom. The third kappa shape index (κ3) is 5.57. The second-order valence-corrected chi connectivity index (χ2v) is 10.3. The van der Waals surface area contributed by atoms with Crippen LogP contribution < -0.4 is 0 Å². The van der Waals surface area contributed by atoms with Crippen LogP contribution >= 0.6 is 0 Å². The molecule has 0 spiro atoms. The van der Waals surface area contributed by atoms with Crippen molar-refractivity contribution < 1.29 is 4.43 Å². The van der Waals surface area contributed by atoms with Crippen molar-refractivity contribution in [2.75, 3.05) is 6.61 Å². The largest absolute Gasteiger partial charge is 0.415 e. The Labute approximate surface area is 127 Å². The fraction of sp³-hybridized carbons (Fsp3) is 0.312. The maximum atomic E-state index is 6.03. The molecule has 1 unspecified atom stereocenters. The molecule has 4 nitrogen and oxygen atoms in total. The topological polar surface area (TPSA) is 47.4 Å². The summed E-state index contributed by atoms with van der Waals surface area (Å²) in [5.41, 5.74) is 2.05. The average molecular weight is 299 g/mol. The first kappa shape index (κ1) is 15.5. The Morgan fingerprint density at radius 1 is 1.14 bits per heavy atom. The molecule has 1 aromatic heterocycles. The van der Waals surface area contributed by atoms with E-state index in [1.54, 1.807) is 12.4 Å². The van der Waals surface area contributed by atoms with Crippen molar-refractivity contribution in [2.45, 2.75) is 25.7 Å². The first-order valence-corrected chi connectivity index (χ1v) is 10.4. The minimum absolute atomic E-state index is 0.00173. The number of nitrogens with zero attached hydrogens (tertiary/aromatic N) is 3. The summed E-state index contributed by atoms with van der Waals surface area (Å²) in [6.45, 7) is 7.15. The van der Waals surface area contributed by atoms with Crippen molar-refractivity contribution in [1.29, 1.82) is 0 Å². The Hall–Kier alpha value is -1.85. The highest BCUT2D eigenvalue weighted by Gasteiger charge is 2.18. The maximum Gasteiger partial charge on any atom is 0.183 e. The molecule has 0 N–H and O–H groups in total. The van der Waals surface area contributed by atoms with Gasteiger partial charge < -0.3 is 4.43 Å². The van der Waals surface area contributed by atoms with E-state index < -0.39 is 8.32 Å². The van der Waals surface area contributed by atoms with Crippen LogP contribution in [0.15, 0.2) is 54.0 Å². The Bertz CT molecular complexity index is 567. The molecule has 110 valence electrons. The molecule has 0 fully saturated rings. The number of aromatic nitrogens is 2. The maximum absolute atomic E-state index is 6.03. The van der Waals surface area contributed by atoms with Crippen LogP contribution in [-0.4, -0.2) is 31.1 Å². The quantitative estimate of drug-likeness (QED) is 0.606. The molecular formula is C16H21N3OSi. The highest BCUT2D eigenvalue weighted by Crippen LogP contribution is 2.19. The molecule has 21 heavy (non-hydrogen) atoms. The lowest BCUT2D eigenvalue weighted by Gasteiger charge is -2.21. The predicted molar refractivity (Wildman–Crippen MR) is 88.1 cm³/mol. The van der Waals surface area contributed by atoms with E-state index in [9.17, 15) is 0 Å². The van der Waals surface area contributed by atoms with Gasteiger partial charge >= 0.3 is 0 Å². The molecule has 5 heteroatoms. The SMILES string of the molecule is C[Si](C)(C)OCC(N=Cc1cncnc1)c1ccccc1. The van der Waals surface area contributed by atoms with Crippen molar-refractivity contribution in [3.8, 4) is 0 Å². The van der Waals surface area contributed by atoms with E-state index in [2.05, 4.69) is 46.7 Å². The van der Waals surface area contributed by atoms with E-state index in [4.69, 9.17) is 4.43 Å². The lowest BCUT2D eigenvalue weighted by Crippen LogP contribution is -2.27. The van der Waals surface area contributed by atoms with Crippen LogP contribution in [0.4, 0.5) is 0 Å². The van der Waals surface area contributed by atoms with Crippen molar-refractivity contribution >= 4 is 14.5 Å². The lowest BCUT2D eigenvalue weighted by molar-refractivity contribution is 0.285. The highest BCUT2D eigenvalue weighted by molar-refractivity contribution is 6.69. The standard InChI is InChI=1S/C16H21N3OSi/c1-21(2,3)20-12-16(15-7-5-4-6-8-15)19-11-14-9-17-13-18-10-14/h4-11,13,16H,12H2,1-3H3. The fourth-order valence-electron chi connectivity index (χ4n) is 1.78. The van der Waals surface area contributed by atoms with Crippen LogP contribution in [-0.2, 0) is 4.43 Å². The monoisotopic (exact) mass is 299 g/mol. The van der Waals surface area contributed by atoms with Crippen molar-refractivity contribution in [3.05, 3.63) is 60.2 Å². The van der Waals surface area contributed by atoms with Crippen LogP contribution in [0.2, 0.25) is 19.6 Å². The summed E-state index contributed by atoms with van der Waals surface area (Å²) in [6, 6.07) is 10.2. The van der Waals surface area contributed by atoms with E-state index >= 15 is 0 Å². The van der Waals surface area contributed by atoms with Gasteiger partial charge in [0.15, 0.2) is 8.32 Å². The van der Waals surface area contributed by atoms with Gasteiger partial charge in [-0.2, -0.15) is 0 Å². The van der Waals surface area contributed by atoms with Crippen LogP contribution in [0, 0.1) is 0 Å². The molecule has 0 radical (unpaired) electrons. The molecule has 2 aromatic rings. The minimum Gasteiger partial charge on any atom is -0.415 e. The molecule has 0 aliphatic heterocycles. The summed E-state index contributed by atoms with van der Waals surface area (Å²) >= 11 is 0. The number of hydrogen-bond acceptors (Lipinski definition) is 4. The van der Waals surface area contributed by atoms with E-state index in [1.165, 1.54) is 6.33 Å². The zero-order valence-electron chi connectivity index (χ0n) is 12.7. The summed E-state index contributed by atoms with van der Waals surface area (Å²) in [7, 11) is -1.56. The minimum atomic E-state index is -1.56. The second-order valence-electron chi connectivity index (χ2n) is 5.80. The van der Waals surface area contributed by atoms with Gasteiger partial charge in [-0.25, -0.2) is 9.97 Å². The summed E-state index contributed by atoms with van der Waals surface area (Å²) < 4.78 is 6.03. The number of hydrogen-bond donors (Lipinski definition) is 0. The third-order valence-electron chi connectivity index (χ3n) is 2.84. The second kappa shape index (κ2) is 7.24. The Balaban J connectivity index is 2.14. The highest BCUT2D eigenvalue weighted by atomic mass is 28.4. The van der Waals surface area contributed by atoms with Gasteiger partial charge in [0.1, 0.15) is 6.33 Å². The average Bonchev–Trinajstić information content (AvgIpc) is 2.48. The third-order valence-corrected chi connectivity index (χ3v) is 3.88. The predicted octanol–water partition coefficient (Wildman–Crippen LogP) is 3.49. The molecule has 1 atom stereocenters. The first-order valence-electron chi connectivity index (χ1n) is 7.02. The zero-order chi connectivity index (χ0) is 15.1. The molecule has 0 aliphatic carbocycles. The van der Waals surface area contributed by atoms with Crippen molar-refractivity contribution in [3.63, 3.8) is 0 Å². The molecule has 2 rings (SSSR count). The van der Waals surface area contributed by atoms with E-state index in [-0.39, 0.29) is 6.04 Å². The molecule has 1 heterocycles. The van der Waals surface area contributed by atoms with Gasteiger partial charge in [0.05, 0.1) is 12.6 Å². The molecule has 0 saturated heterocycles. The van der Waals surface area contributed by atoms with Gasteiger partial charge in [0.25, 0.3) is 0 Å². The Morgan fingerprint density at radius 3 is 2.43 bits per heavy atom. The summed E-state index contributed by atoms with van der Waals surface area (Å²) in [5.74, 6) is 0. The fourth-order valence-corrected chi connectivity index (χ4v) is 2.44. The summed E-state index contributed by atoms with van der Waals surface area (Å²) in [6.07, 6.45) is 6.82. The zero-order valence-corrected chi connectivity index (χ0v) is 13.7. The summed E-state index contributed by atoms with van der Waals surface area (Å²) in [5, 5.41) is 0. The number of benzene rings is 1. The van der Waals surface area contributed by atoms with E-state index in [0.29, 0.717) is 6.61 Å². The molecule has 0 bridgehead atoms. The first-order chi connectivity index (χ1) is 10.0. The van der Waals surface area contributed by atoms with Gasteiger partial charge in [-0.15, -0.1) is 0 Å². The number of rotatable bonds is 6. The van der Waals surface area contributed by atoms with Gasteiger partial charge in [0, 0.05) is 24.2 Å². The smallest absolute Gasteiger partial charge is 0.183 e.